The molecule has 6 heteroatoms. The molecule has 0 bridgehead atoms. The predicted octanol–water partition coefficient (Wildman–Crippen LogP) is 3.11. The van der Waals surface area contributed by atoms with Crippen molar-refractivity contribution in [3.8, 4) is 11.8 Å². The van der Waals surface area contributed by atoms with Crippen molar-refractivity contribution >= 4 is 17.3 Å². The molecule has 4 nitrogen and oxygen atoms in total. The van der Waals surface area contributed by atoms with Gasteiger partial charge in [0.1, 0.15) is 0 Å². The Hall–Kier alpha value is -1.89. The van der Waals surface area contributed by atoms with Gasteiger partial charge in [-0.2, -0.15) is 0 Å². The summed E-state index contributed by atoms with van der Waals surface area (Å²) in [6.07, 6.45) is 0.395. The fourth-order valence-electron chi connectivity index (χ4n) is 0.969. The Balaban J connectivity index is 2.81. The van der Waals surface area contributed by atoms with Crippen LogP contribution in [0.25, 0.3) is 10.4 Å². The molecule has 0 unspecified atom stereocenters. The first-order valence-corrected chi connectivity index (χ1v) is 4.78. The summed E-state index contributed by atoms with van der Waals surface area (Å²) in [4.78, 5) is 2.58. The summed E-state index contributed by atoms with van der Waals surface area (Å²) in [5.74, 6) is 4.73. The molecule has 0 fully saturated rings. The number of hydrogen-bond donors (Lipinski definition) is 1. The van der Waals surface area contributed by atoms with Gasteiger partial charge in [0.05, 0.1) is 10.7 Å². The lowest BCUT2D eigenvalue weighted by molar-refractivity contribution is 0.632. The molecule has 16 heavy (non-hydrogen) atoms. The maximum atomic E-state index is 13.2. The smallest absolute Gasteiger partial charge is 0.165 e. The topological polar surface area (TPSA) is 74.8 Å². The van der Waals surface area contributed by atoms with Gasteiger partial charge in [0.25, 0.3) is 0 Å². The number of benzene rings is 1. The summed E-state index contributed by atoms with van der Waals surface area (Å²) < 4.78 is 13.2. The molecular formula is C10H8ClFN4. The summed E-state index contributed by atoms with van der Waals surface area (Å²) in [5, 5.41) is 3.22. The number of anilines is 1. The average molecular weight is 239 g/mol. The Bertz CT molecular complexity index is 498. The van der Waals surface area contributed by atoms with Crippen molar-refractivity contribution in [3.05, 3.63) is 39.0 Å². The van der Waals surface area contributed by atoms with E-state index >= 15 is 0 Å². The third-order valence-electron chi connectivity index (χ3n) is 1.74. The molecule has 82 valence electrons. The minimum atomic E-state index is -0.663. The van der Waals surface area contributed by atoms with Gasteiger partial charge in [-0.1, -0.05) is 28.6 Å². The molecule has 0 heterocycles. The Morgan fingerprint density at radius 3 is 3.00 bits per heavy atom. The van der Waals surface area contributed by atoms with E-state index in [1.165, 1.54) is 6.07 Å². The zero-order valence-corrected chi connectivity index (χ0v) is 9.00. The largest absolute Gasteiger partial charge is 0.396 e. The molecule has 1 rings (SSSR count). The first kappa shape index (κ1) is 12.2. The van der Waals surface area contributed by atoms with Gasteiger partial charge >= 0.3 is 0 Å². The van der Waals surface area contributed by atoms with Gasteiger partial charge in [-0.3, -0.25) is 0 Å². The first-order chi connectivity index (χ1) is 7.66. The molecular weight excluding hydrogens is 231 g/mol. The highest BCUT2D eigenvalue weighted by atomic mass is 35.5. The number of halogens is 2. The van der Waals surface area contributed by atoms with Gasteiger partial charge in [-0.15, -0.1) is 0 Å². The second kappa shape index (κ2) is 5.86. The minimum absolute atomic E-state index is 0.00960. The second-order valence-corrected chi connectivity index (χ2v) is 3.21. The van der Waals surface area contributed by atoms with E-state index < -0.39 is 5.82 Å². The van der Waals surface area contributed by atoms with E-state index in [0.29, 0.717) is 12.0 Å². The van der Waals surface area contributed by atoms with Crippen LogP contribution < -0.4 is 5.73 Å². The lowest BCUT2D eigenvalue weighted by atomic mass is 10.2. The van der Waals surface area contributed by atoms with Crippen molar-refractivity contribution in [3.63, 3.8) is 0 Å². The van der Waals surface area contributed by atoms with Gasteiger partial charge in [-0.25, -0.2) is 4.39 Å². The van der Waals surface area contributed by atoms with Crippen LogP contribution >= 0.6 is 11.6 Å². The van der Waals surface area contributed by atoms with Crippen LogP contribution in [0.2, 0.25) is 5.02 Å². The van der Waals surface area contributed by atoms with E-state index in [1.54, 1.807) is 6.07 Å². The number of nitrogen functional groups attached to an aromatic ring is 1. The van der Waals surface area contributed by atoms with Crippen LogP contribution in [0.1, 0.15) is 12.0 Å². The van der Waals surface area contributed by atoms with Crippen molar-refractivity contribution in [1.29, 1.82) is 0 Å². The van der Waals surface area contributed by atoms with Gasteiger partial charge < -0.3 is 5.73 Å². The standard InChI is InChI=1S/C10H8ClFN4/c11-9-7(3-1-2-6-15-16-14)4-5-8(13)10(9)12/h4-5H,2,6,13H2. The predicted molar refractivity (Wildman–Crippen MR) is 61.3 cm³/mol. The van der Waals surface area contributed by atoms with E-state index in [1.807, 2.05) is 0 Å². The Kier molecular flexibility index (Phi) is 4.46. The van der Waals surface area contributed by atoms with Crippen LogP contribution in [0.3, 0.4) is 0 Å². The Morgan fingerprint density at radius 2 is 2.31 bits per heavy atom. The number of rotatable bonds is 2. The molecule has 0 aliphatic rings. The molecule has 0 spiro atoms. The van der Waals surface area contributed by atoms with Crippen LogP contribution in [0.5, 0.6) is 0 Å². The normalized spacial score (nSPS) is 8.88. The fraction of sp³-hybridized carbons (Fsp3) is 0.200. The molecule has 0 aromatic heterocycles. The summed E-state index contributed by atoms with van der Waals surface area (Å²) >= 11 is 5.70. The van der Waals surface area contributed by atoms with Gasteiger partial charge in [0.15, 0.2) is 5.82 Å². The lowest BCUT2D eigenvalue weighted by Gasteiger charge is -2.00. The van der Waals surface area contributed by atoms with Crippen molar-refractivity contribution in [2.45, 2.75) is 6.42 Å². The third-order valence-corrected chi connectivity index (χ3v) is 2.10. The van der Waals surface area contributed by atoms with Crippen molar-refractivity contribution in [2.24, 2.45) is 5.11 Å². The van der Waals surface area contributed by atoms with Crippen LogP contribution in [-0.2, 0) is 0 Å². The molecule has 0 atom stereocenters. The number of azide groups is 1. The lowest BCUT2D eigenvalue weighted by Crippen LogP contribution is -1.92. The van der Waals surface area contributed by atoms with Crippen LogP contribution in [-0.4, -0.2) is 6.54 Å². The maximum absolute atomic E-state index is 13.2. The Labute approximate surface area is 96.8 Å². The average Bonchev–Trinajstić information content (AvgIpc) is 2.28. The van der Waals surface area contributed by atoms with Crippen molar-refractivity contribution < 1.29 is 4.39 Å². The fourth-order valence-corrected chi connectivity index (χ4v) is 1.19. The van der Waals surface area contributed by atoms with E-state index in [2.05, 4.69) is 21.9 Å². The van der Waals surface area contributed by atoms with Crippen LogP contribution in [0.4, 0.5) is 10.1 Å². The summed E-state index contributed by atoms with van der Waals surface area (Å²) in [5.41, 5.74) is 13.7. The zero-order valence-electron chi connectivity index (χ0n) is 8.24. The highest BCUT2D eigenvalue weighted by molar-refractivity contribution is 6.32. The van der Waals surface area contributed by atoms with Crippen molar-refractivity contribution in [2.75, 3.05) is 12.3 Å². The number of hydrogen-bond acceptors (Lipinski definition) is 2. The van der Waals surface area contributed by atoms with E-state index in [0.717, 1.165) is 0 Å². The van der Waals surface area contributed by atoms with E-state index in [4.69, 9.17) is 22.9 Å². The summed E-state index contributed by atoms with van der Waals surface area (Å²) in [6.45, 7) is 0.276. The Morgan fingerprint density at radius 1 is 1.56 bits per heavy atom. The molecule has 0 aliphatic heterocycles. The van der Waals surface area contributed by atoms with Crippen molar-refractivity contribution in [1.82, 2.24) is 0 Å². The van der Waals surface area contributed by atoms with Gasteiger partial charge in [0.2, 0.25) is 0 Å². The quantitative estimate of drug-likeness (QED) is 0.211. The number of nitrogens with two attached hydrogens (primary N) is 1. The van der Waals surface area contributed by atoms with Crippen LogP contribution in [0.15, 0.2) is 17.2 Å². The SMILES string of the molecule is [N-]=[N+]=NCCC#Cc1ccc(N)c(F)c1Cl. The highest BCUT2D eigenvalue weighted by Crippen LogP contribution is 2.23. The molecule has 0 aliphatic carbocycles. The molecule has 2 N–H and O–H groups in total. The summed E-state index contributed by atoms with van der Waals surface area (Å²) in [6, 6.07) is 2.94. The van der Waals surface area contributed by atoms with Crippen LogP contribution in [0, 0.1) is 17.7 Å². The molecule has 0 saturated heterocycles. The molecule has 1 aromatic carbocycles. The minimum Gasteiger partial charge on any atom is -0.396 e. The summed E-state index contributed by atoms with van der Waals surface area (Å²) in [7, 11) is 0. The molecule has 0 saturated carbocycles. The molecule has 0 amide bonds. The third kappa shape index (κ3) is 3.06. The maximum Gasteiger partial charge on any atom is 0.165 e. The molecule has 1 aromatic rings. The second-order valence-electron chi connectivity index (χ2n) is 2.84. The number of nitrogens with zero attached hydrogens (tertiary/aromatic N) is 3. The van der Waals surface area contributed by atoms with E-state index in [-0.39, 0.29) is 17.3 Å². The van der Waals surface area contributed by atoms with E-state index in [9.17, 15) is 4.39 Å². The van der Waals surface area contributed by atoms with Gasteiger partial charge in [-0.05, 0) is 17.7 Å². The first-order valence-electron chi connectivity index (χ1n) is 4.40. The zero-order chi connectivity index (χ0) is 12.0. The molecule has 0 radical (unpaired) electrons. The van der Waals surface area contributed by atoms with Gasteiger partial charge in [0, 0.05) is 23.4 Å². The highest BCUT2D eigenvalue weighted by Gasteiger charge is 2.07. The monoisotopic (exact) mass is 238 g/mol.